The van der Waals surface area contributed by atoms with Gasteiger partial charge in [-0.25, -0.2) is 0 Å². The molecule has 0 bridgehead atoms. The highest BCUT2D eigenvalue weighted by Gasteiger charge is 2.24. The van der Waals surface area contributed by atoms with E-state index >= 15 is 0 Å². The molecular formula is C22H37N3O3. The number of likely N-dealkylation sites (tertiary alicyclic amines) is 1. The topological polar surface area (TPSA) is 55.3 Å². The molecule has 1 heterocycles. The molecule has 0 spiro atoms. The van der Waals surface area contributed by atoms with E-state index in [4.69, 9.17) is 19.2 Å². The van der Waals surface area contributed by atoms with Gasteiger partial charge in [-0.05, 0) is 31.7 Å². The zero-order valence-electron chi connectivity index (χ0n) is 17.6. The Morgan fingerprint density at radius 2 is 2.00 bits per heavy atom. The number of unbranched alkanes of at least 4 members (excludes halogenated alkanes) is 1. The quantitative estimate of drug-likeness (QED) is 0.318. The minimum atomic E-state index is 0.576. The van der Waals surface area contributed by atoms with Crippen molar-refractivity contribution in [2.45, 2.75) is 32.8 Å². The Morgan fingerprint density at radius 1 is 1.14 bits per heavy atom. The average molecular weight is 392 g/mol. The Morgan fingerprint density at radius 3 is 2.79 bits per heavy atom. The second kappa shape index (κ2) is 14.4. The summed E-state index contributed by atoms with van der Waals surface area (Å²) in [5, 5.41) is 3.43. The third-order valence-electron chi connectivity index (χ3n) is 4.78. The van der Waals surface area contributed by atoms with Crippen LogP contribution in [0.2, 0.25) is 0 Å². The van der Waals surface area contributed by atoms with Crippen LogP contribution >= 0.6 is 0 Å². The fourth-order valence-corrected chi connectivity index (χ4v) is 3.24. The molecule has 1 fully saturated rings. The lowest BCUT2D eigenvalue weighted by Crippen LogP contribution is -2.40. The van der Waals surface area contributed by atoms with Crippen LogP contribution in [0, 0.1) is 5.92 Å². The normalized spacial score (nSPS) is 17.3. The van der Waals surface area contributed by atoms with Crippen molar-refractivity contribution >= 4 is 5.96 Å². The Labute approximate surface area is 170 Å². The molecule has 1 saturated heterocycles. The summed E-state index contributed by atoms with van der Waals surface area (Å²) >= 11 is 0. The predicted molar refractivity (Wildman–Crippen MR) is 114 cm³/mol. The average Bonchev–Trinajstić information content (AvgIpc) is 3.19. The predicted octanol–water partition coefficient (Wildman–Crippen LogP) is 2.93. The van der Waals surface area contributed by atoms with Gasteiger partial charge in [-0.1, -0.05) is 30.3 Å². The van der Waals surface area contributed by atoms with Crippen LogP contribution in [-0.4, -0.2) is 70.6 Å². The van der Waals surface area contributed by atoms with Gasteiger partial charge in [-0.15, -0.1) is 0 Å². The molecule has 1 N–H and O–H groups in total. The van der Waals surface area contributed by atoms with Crippen LogP contribution in [0.1, 0.15) is 31.7 Å². The van der Waals surface area contributed by atoms with Crippen molar-refractivity contribution in [1.82, 2.24) is 10.2 Å². The van der Waals surface area contributed by atoms with E-state index in [9.17, 15) is 0 Å². The third-order valence-corrected chi connectivity index (χ3v) is 4.78. The van der Waals surface area contributed by atoms with Gasteiger partial charge >= 0.3 is 0 Å². The Bertz CT molecular complexity index is 539. The molecule has 1 aliphatic rings. The zero-order valence-corrected chi connectivity index (χ0v) is 17.6. The molecule has 0 aliphatic carbocycles. The smallest absolute Gasteiger partial charge is 0.193 e. The van der Waals surface area contributed by atoms with Crippen LogP contribution in [0.15, 0.2) is 35.3 Å². The van der Waals surface area contributed by atoms with E-state index < -0.39 is 0 Å². The number of hydrogen-bond donors (Lipinski definition) is 1. The largest absolute Gasteiger partial charge is 0.382 e. The number of nitrogens with one attached hydrogen (secondary N) is 1. The molecule has 0 amide bonds. The first-order valence-electron chi connectivity index (χ1n) is 10.5. The van der Waals surface area contributed by atoms with E-state index in [-0.39, 0.29) is 0 Å². The summed E-state index contributed by atoms with van der Waals surface area (Å²) in [5.41, 5.74) is 1.23. The van der Waals surface area contributed by atoms with Crippen molar-refractivity contribution in [2.24, 2.45) is 10.9 Å². The van der Waals surface area contributed by atoms with Gasteiger partial charge in [0.25, 0.3) is 0 Å². The molecule has 1 aliphatic heterocycles. The maximum atomic E-state index is 5.75. The minimum absolute atomic E-state index is 0.576. The molecule has 1 atom stereocenters. The molecule has 0 aromatic heterocycles. The number of ether oxygens (including phenoxy) is 3. The highest BCUT2D eigenvalue weighted by atomic mass is 16.5. The highest BCUT2D eigenvalue weighted by Crippen LogP contribution is 2.16. The highest BCUT2D eigenvalue weighted by molar-refractivity contribution is 5.80. The second-order valence-corrected chi connectivity index (χ2v) is 7.15. The molecule has 158 valence electrons. The molecule has 1 aromatic rings. The van der Waals surface area contributed by atoms with Gasteiger partial charge < -0.3 is 24.4 Å². The summed E-state index contributed by atoms with van der Waals surface area (Å²) in [6.45, 7) is 9.52. The first-order valence-corrected chi connectivity index (χ1v) is 10.5. The lowest BCUT2D eigenvalue weighted by molar-refractivity contribution is 0.0536. The van der Waals surface area contributed by atoms with E-state index in [0.717, 1.165) is 64.6 Å². The fourth-order valence-electron chi connectivity index (χ4n) is 3.24. The van der Waals surface area contributed by atoms with Crippen LogP contribution < -0.4 is 5.32 Å². The number of aliphatic imine (C=N–C) groups is 1. The lowest BCUT2D eigenvalue weighted by atomic mass is 10.1. The van der Waals surface area contributed by atoms with Crippen LogP contribution in [-0.2, 0) is 20.8 Å². The van der Waals surface area contributed by atoms with Crippen molar-refractivity contribution in [3.63, 3.8) is 0 Å². The van der Waals surface area contributed by atoms with E-state index in [0.29, 0.717) is 25.7 Å². The summed E-state index contributed by atoms with van der Waals surface area (Å²) < 4.78 is 16.5. The molecule has 6 heteroatoms. The maximum absolute atomic E-state index is 5.75. The van der Waals surface area contributed by atoms with Gasteiger partial charge in [0.1, 0.15) is 0 Å². The number of methoxy groups -OCH3 is 1. The van der Waals surface area contributed by atoms with Crippen LogP contribution in [0.5, 0.6) is 0 Å². The number of benzene rings is 1. The van der Waals surface area contributed by atoms with Gasteiger partial charge in [0, 0.05) is 45.8 Å². The van der Waals surface area contributed by atoms with E-state index in [1.807, 2.05) is 18.2 Å². The summed E-state index contributed by atoms with van der Waals surface area (Å²) in [4.78, 5) is 7.17. The summed E-state index contributed by atoms with van der Waals surface area (Å²) in [6.07, 6.45) is 3.23. The van der Waals surface area contributed by atoms with Crippen LogP contribution in [0.4, 0.5) is 0 Å². The molecule has 0 radical (unpaired) electrons. The monoisotopic (exact) mass is 391 g/mol. The van der Waals surface area contributed by atoms with Crippen LogP contribution in [0.25, 0.3) is 0 Å². The van der Waals surface area contributed by atoms with Gasteiger partial charge in [0.15, 0.2) is 5.96 Å². The standard InChI is InChI=1S/C22H37N3O3/c1-3-23-22(25-13-11-21(17-25)19-28-16-15-26-2)24-12-7-8-14-27-18-20-9-5-4-6-10-20/h4-6,9-10,21H,3,7-8,11-19H2,1-2H3,(H,23,24). The summed E-state index contributed by atoms with van der Waals surface area (Å²) in [5.74, 6) is 1.61. The fraction of sp³-hybridized carbons (Fsp3) is 0.682. The first-order chi connectivity index (χ1) is 13.8. The summed E-state index contributed by atoms with van der Waals surface area (Å²) in [6, 6.07) is 10.3. The zero-order chi connectivity index (χ0) is 19.9. The Hall–Kier alpha value is -1.63. The molecule has 6 nitrogen and oxygen atoms in total. The molecule has 1 unspecified atom stereocenters. The maximum Gasteiger partial charge on any atom is 0.193 e. The number of rotatable bonds is 13. The van der Waals surface area contributed by atoms with Gasteiger partial charge in [0.2, 0.25) is 0 Å². The van der Waals surface area contributed by atoms with Crippen LogP contribution in [0.3, 0.4) is 0 Å². The summed E-state index contributed by atoms with van der Waals surface area (Å²) in [7, 11) is 1.70. The molecule has 28 heavy (non-hydrogen) atoms. The van der Waals surface area contributed by atoms with E-state index in [1.54, 1.807) is 7.11 Å². The first kappa shape index (κ1) is 22.7. The van der Waals surface area contributed by atoms with Gasteiger partial charge in [-0.2, -0.15) is 0 Å². The van der Waals surface area contributed by atoms with Crippen molar-refractivity contribution in [2.75, 3.05) is 59.7 Å². The van der Waals surface area contributed by atoms with Crippen molar-refractivity contribution in [1.29, 1.82) is 0 Å². The molecule has 1 aromatic carbocycles. The lowest BCUT2D eigenvalue weighted by Gasteiger charge is -2.21. The van der Waals surface area contributed by atoms with Crippen molar-refractivity contribution in [3.8, 4) is 0 Å². The van der Waals surface area contributed by atoms with Crippen molar-refractivity contribution in [3.05, 3.63) is 35.9 Å². The van der Waals surface area contributed by atoms with Gasteiger partial charge in [-0.3, -0.25) is 4.99 Å². The number of hydrogen-bond acceptors (Lipinski definition) is 4. The number of guanidine groups is 1. The molecular weight excluding hydrogens is 354 g/mol. The second-order valence-electron chi connectivity index (χ2n) is 7.15. The minimum Gasteiger partial charge on any atom is -0.382 e. The number of nitrogens with zero attached hydrogens (tertiary/aromatic N) is 2. The van der Waals surface area contributed by atoms with E-state index in [1.165, 1.54) is 5.56 Å². The molecule has 2 rings (SSSR count). The van der Waals surface area contributed by atoms with Gasteiger partial charge in [0.05, 0.1) is 26.4 Å². The Kier molecular flexibility index (Phi) is 11.6. The van der Waals surface area contributed by atoms with Crippen molar-refractivity contribution < 1.29 is 14.2 Å². The Balaban J connectivity index is 1.61. The third kappa shape index (κ3) is 9.04. The van der Waals surface area contributed by atoms with E-state index in [2.05, 4.69) is 29.3 Å². The SMILES string of the molecule is CCNC(=NCCCCOCc1ccccc1)N1CCC(COCCOC)C1. The molecule has 0 saturated carbocycles.